The molecule has 0 saturated heterocycles. The van der Waals surface area contributed by atoms with E-state index in [1.54, 1.807) is 0 Å². The van der Waals surface area contributed by atoms with E-state index in [1.807, 2.05) is 25.6 Å². The first-order valence-corrected chi connectivity index (χ1v) is 6.18. The van der Waals surface area contributed by atoms with Gasteiger partial charge in [-0.25, -0.2) is 0 Å². The molecule has 94 valence electrons. The van der Waals surface area contributed by atoms with Gasteiger partial charge in [-0.15, -0.1) is 0 Å². The topological polar surface area (TPSA) is 47.8 Å². The maximum Gasteiger partial charge on any atom is 0.179 e. The van der Waals surface area contributed by atoms with Crippen LogP contribution >= 0.6 is 12.2 Å². The number of nitrogens with one attached hydrogen (secondary N) is 1. The molecule has 0 radical (unpaired) electrons. The van der Waals surface area contributed by atoms with Crippen molar-refractivity contribution in [3.05, 3.63) is 10.5 Å². The van der Waals surface area contributed by atoms with Gasteiger partial charge in [-0.2, -0.15) is 5.10 Å². The summed E-state index contributed by atoms with van der Waals surface area (Å²) in [6.45, 7) is 7.44. The minimum absolute atomic E-state index is 0.200. The van der Waals surface area contributed by atoms with Gasteiger partial charge in [0.1, 0.15) is 5.52 Å². The fourth-order valence-corrected chi connectivity index (χ4v) is 2.47. The van der Waals surface area contributed by atoms with Gasteiger partial charge in [0.25, 0.3) is 0 Å². The van der Waals surface area contributed by atoms with E-state index in [4.69, 9.17) is 17.0 Å². The van der Waals surface area contributed by atoms with Crippen LogP contribution in [-0.2, 0) is 11.8 Å². The summed E-state index contributed by atoms with van der Waals surface area (Å²) in [7, 11) is 1.93. The predicted octanol–water partition coefficient (Wildman–Crippen LogP) is 2.34. The SMILES string of the molecule is CCOCC(C)n1c(=S)[nH]c2c(C)nn(C)c21. The largest absolute Gasteiger partial charge is 0.380 e. The lowest BCUT2D eigenvalue weighted by atomic mass is 10.3. The number of aromatic amines is 1. The molecule has 0 aliphatic rings. The van der Waals surface area contributed by atoms with E-state index >= 15 is 0 Å². The van der Waals surface area contributed by atoms with Crippen molar-refractivity contribution < 1.29 is 4.74 Å². The first-order chi connectivity index (χ1) is 8.06. The molecular formula is C11H18N4OS. The highest BCUT2D eigenvalue weighted by atomic mass is 32.1. The smallest absolute Gasteiger partial charge is 0.179 e. The predicted molar refractivity (Wildman–Crippen MR) is 69.8 cm³/mol. The molecule has 2 aromatic heterocycles. The molecule has 1 unspecified atom stereocenters. The van der Waals surface area contributed by atoms with E-state index in [2.05, 4.69) is 21.6 Å². The van der Waals surface area contributed by atoms with Crippen LogP contribution in [0, 0.1) is 11.7 Å². The molecule has 1 atom stereocenters. The van der Waals surface area contributed by atoms with Crippen LogP contribution in [0.4, 0.5) is 0 Å². The Morgan fingerprint density at radius 2 is 2.24 bits per heavy atom. The van der Waals surface area contributed by atoms with Gasteiger partial charge in [0.05, 0.1) is 18.3 Å². The number of aromatic nitrogens is 4. The first-order valence-electron chi connectivity index (χ1n) is 5.77. The normalized spacial score (nSPS) is 13.4. The highest BCUT2D eigenvalue weighted by Gasteiger charge is 2.16. The van der Waals surface area contributed by atoms with Crippen LogP contribution in [0.3, 0.4) is 0 Å². The lowest BCUT2D eigenvalue weighted by molar-refractivity contribution is 0.119. The molecule has 17 heavy (non-hydrogen) atoms. The summed E-state index contributed by atoms with van der Waals surface area (Å²) in [6, 6.07) is 0.200. The molecule has 0 aliphatic carbocycles. The van der Waals surface area contributed by atoms with Crippen molar-refractivity contribution >= 4 is 23.4 Å². The van der Waals surface area contributed by atoms with Crippen LogP contribution in [0.5, 0.6) is 0 Å². The molecule has 0 saturated carbocycles. The van der Waals surface area contributed by atoms with Crippen LogP contribution in [0.1, 0.15) is 25.6 Å². The van der Waals surface area contributed by atoms with Gasteiger partial charge in [-0.3, -0.25) is 9.25 Å². The summed E-state index contributed by atoms with van der Waals surface area (Å²) >= 11 is 5.36. The Hall–Kier alpha value is -1.14. The second kappa shape index (κ2) is 4.62. The highest BCUT2D eigenvalue weighted by molar-refractivity contribution is 7.71. The number of ether oxygens (including phenoxy) is 1. The number of fused-ring (bicyclic) bond motifs is 1. The lowest BCUT2D eigenvalue weighted by Gasteiger charge is -2.14. The van der Waals surface area contributed by atoms with E-state index in [9.17, 15) is 0 Å². The van der Waals surface area contributed by atoms with Crippen molar-refractivity contribution in [2.45, 2.75) is 26.8 Å². The van der Waals surface area contributed by atoms with Crippen molar-refractivity contribution in [3.63, 3.8) is 0 Å². The van der Waals surface area contributed by atoms with E-state index in [-0.39, 0.29) is 6.04 Å². The Balaban J connectivity index is 2.52. The van der Waals surface area contributed by atoms with Gasteiger partial charge in [-0.1, -0.05) is 0 Å². The zero-order valence-corrected chi connectivity index (χ0v) is 11.5. The molecule has 0 fully saturated rings. The summed E-state index contributed by atoms with van der Waals surface area (Å²) in [6.07, 6.45) is 0. The zero-order valence-electron chi connectivity index (χ0n) is 10.6. The third-order valence-electron chi connectivity index (χ3n) is 2.87. The Labute approximate surface area is 105 Å². The van der Waals surface area contributed by atoms with Gasteiger partial charge >= 0.3 is 0 Å². The Kier molecular flexibility index (Phi) is 3.35. The third-order valence-corrected chi connectivity index (χ3v) is 3.17. The van der Waals surface area contributed by atoms with Crippen molar-refractivity contribution in [1.82, 2.24) is 19.3 Å². The van der Waals surface area contributed by atoms with Crippen LogP contribution in [-0.4, -0.2) is 32.5 Å². The van der Waals surface area contributed by atoms with E-state index in [0.717, 1.165) is 28.2 Å². The molecule has 0 amide bonds. The minimum atomic E-state index is 0.200. The van der Waals surface area contributed by atoms with Crippen LogP contribution in [0.2, 0.25) is 0 Å². The molecule has 5 nitrogen and oxygen atoms in total. The number of hydrogen-bond donors (Lipinski definition) is 1. The molecule has 2 aromatic rings. The van der Waals surface area contributed by atoms with Gasteiger partial charge in [0, 0.05) is 13.7 Å². The number of hydrogen-bond acceptors (Lipinski definition) is 3. The standard InChI is InChI=1S/C11H18N4OS/c1-5-16-6-7(2)15-10-9(12-11(15)17)8(3)13-14(10)4/h7H,5-6H2,1-4H3,(H,12,17). The van der Waals surface area contributed by atoms with Crippen LogP contribution in [0.15, 0.2) is 0 Å². The zero-order chi connectivity index (χ0) is 12.6. The van der Waals surface area contributed by atoms with Crippen molar-refractivity contribution in [1.29, 1.82) is 0 Å². The molecule has 2 rings (SSSR count). The molecule has 1 N–H and O–H groups in total. The fourth-order valence-electron chi connectivity index (χ4n) is 2.10. The summed E-state index contributed by atoms with van der Waals surface area (Å²) < 4.78 is 10.1. The monoisotopic (exact) mass is 254 g/mol. The number of rotatable bonds is 4. The molecule has 6 heteroatoms. The Bertz CT molecular complexity index is 580. The number of imidazole rings is 1. The molecule has 2 heterocycles. The average molecular weight is 254 g/mol. The number of aryl methyl sites for hydroxylation is 2. The highest BCUT2D eigenvalue weighted by Crippen LogP contribution is 2.21. The van der Waals surface area contributed by atoms with Crippen molar-refractivity contribution in [3.8, 4) is 0 Å². The fraction of sp³-hybridized carbons (Fsp3) is 0.636. The van der Waals surface area contributed by atoms with Gasteiger partial charge in [-0.05, 0) is 33.0 Å². The Morgan fingerprint density at radius 1 is 1.53 bits per heavy atom. The molecule has 0 spiro atoms. The first kappa shape index (κ1) is 12.3. The minimum Gasteiger partial charge on any atom is -0.380 e. The summed E-state index contributed by atoms with van der Waals surface area (Å²) in [5.74, 6) is 0. The van der Waals surface area contributed by atoms with Crippen molar-refractivity contribution in [2.75, 3.05) is 13.2 Å². The van der Waals surface area contributed by atoms with Gasteiger partial charge in [0.15, 0.2) is 10.4 Å². The Morgan fingerprint density at radius 3 is 2.88 bits per heavy atom. The van der Waals surface area contributed by atoms with E-state index in [0.29, 0.717) is 6.61 Å². The second-order valence-electron chi connectivity index (χ2n) is 4.22. The molecule has 0 aliphatic heterocycles. The van der Waals surface area contributed by atoms with Crippen LogP contribution < -0.4 is 0 Å². The molecule has 0 bridgehead atoms. The number of H-pyrrole nitrogens is 1. The van der Waals surface area contributed by atoms with Gasteiger partial charge < -0.3 is 9.72 Å². The van der Waals surface area contributed by atoms with Gasteiger partial charge in [0.2, 0.25) is 0 Å². The van der Waals surface area contributed by atoms with E-state index < -0.39 is 0 Å². The number of nitrogens with zero attached hydrogens (tertiary/aromatic N) is 3. The van der Waals surface area contributed by atoms with Crippen molar-refractivity contribution in [2.24, 2.45) is 7.05 Å². The molecular weight excluding hydrogens is 236 g/mol. The van der Waals surface area contributed by atoms with E-state index in [1.165, 1.54) is 0 Å². The lowest BCUT2D eigenvalue weighted by Crippen LogP contribution is -2.14. The third kappa shape index (κ3) is 2.02. The summed E-state index contributed by atoms with van der Waals surface area (Å²) in [4.78, 5) is 3.21. The maximum absolute atomic E-state index is 5.46. The van der Waals surface area contributed by atoms with Crippen LogP contribution in [0.25, 0.3) is 11.2 Å². The summed E-state index contributed by atoms with van der Waals surface area (Å²) in [5.41, 5.74) is 3.01. The average Bonchev–Trinajstić information content (AvgIpc) is 2.74. The summed E-state index contributed by atoms with van der Waals surface area (Å²) in [5, 5.41) is 4.39. The maximum atomic E-state index is 5.46. The quantitative estimate of drug-likeness (QED) is 0.852. The second-order valence-corrected chi connectivity index (χ2v) is 4.60. The molecule has 0 aromatic carbocycles.